The molecule has 0 amide bonds. The van der Waals surface area contributed by atoms with Crippen molar-refractivity contribution < 1.29 is 4.74 Å². The van der Waals surface area contributed by atoms with Crippen molar-refractivity contribution in [3.63, 3.8) is 0 Å². The number of nitrogens with two attached hydrogens (primary N) is 1. The molecular formula is C12H16N2OS. The Bertz CT molecular complexity index is 479. The first-order valence-electron chi connectivity index (χ1n) is 5.36. The van der Waals surface area contributed by atoms with Crippen molar-refractivity contribution in [2.75, 3.05) is 6.61 Å². The van der Waals surface area contributed by atoms with Crippen molar-refractivity contribution in [1.29, 1.82) is 0 Å². The van der Waals surface area contributed by atoms with E-state index < -0.39 is 0 Å². The highest BCUT2D eigenvalue weighted by Gasteiger charge is 2.17. The summed E-state index contributed by atoms with van der Waals surface area (Å²) in [5.41, 5.74) is 5.74. The fourth-order valence-electron chi connectivity index (χ4n) is 1.32. The van der Waals surface area contributed by atoms with Crippen molar-refractivity contribution in [3.05, 3.63) is 23.7 Å². The van der Waals surface area contributed by atoms with E-state index in [1.165, 1.54) is 4.70 Å². The SMILES string of the molecule is CCC(C)(N)COc1nccc2sccc12. The van der Waals surface area contributed by atoms with Gasteiger partial charge in [-0.25, -0.2) is 4.98 Å². The van der Waals surface area contributed by atoms with E-state index in [0.29, 0.717) is 12.5 Å². The minimum atomic E-state index is -0.292. The van der Waals surface area contributed by atoms with Crippen LogP contribution in [0, 0.1) is 0 Å². The first-order valence-corrected chi connectivity index (χ1v) is 6.24. The molecule has 2 rings (SSSR count). The van der Waals surface area contributed by atoms with Crippen LogP contribution in [0.5, 0.6) is 5.88 Å². The summed E-state index contributed by atoms with van der Waals surface area (Å²) in [6.07, 6.45) is 2.65. The van der Waals surface area contributed by atoms with E-state index in [2.05, 4.69) is 11.9 Å². The number of thiophene rings is 1. The van der Waals surface area contributed by atoms with Gasteiger partial charge in [0.15, 0.2) is 0 Å². The topological polar surface area (TPSA) is 48.1 Å². The van der Waals surface area contributed by atoms with Gasteiger partial charge in [0.25, 0.3) is 0 Å². The third kappa shape index (κ3) is 2.33. The van der Waals surface area contributed by atoms with Crippen LogP contribution in [0.25, 0.3) is 10.1 Å². The van der Waals surface area contributed by atoms with Gasteiger partial charge in [-0.15, -0.1) is 11.3 Å². The maximum atomic E-state index is 6.03. The van der Waals surface area contributed by atoms with Gasteiger partial charge in [-0.2, -0.15) is 0 Å². The van der Waals surface area contributed by atoms with Crippen LogP contribution in [0.1, 0.15) is 20.3 Å². The molecular weight excluding hydrogens is 220 g/mol. The van der Waals surface area contributed by atoms with Crippen LogP contribution in [0.15, 0.2) is 23.7 Å². The van der Waals surface area contributed by atoms with Gasteiger partial charge in [0.2, 0.25) is 5.88 Å². The molecule has 0 aliphatic heterocycles. The lowest BCUT2D eigenvalue weighted by molar-refractivity contribution is 0.221. The summed E-state index contributed by atoms with van der Waals surface area (Å²) >= 11 is 1.69. The molecule has 0 spiro atoms. The normalized spacial score (nSPS) is 14.9. The fourth-order valence-corrected chi connectivity index (χ4v) is 2.09. The number of aromatic nitrogens is 1. The molecule has 86 valence electrons. The van der Waals surface area contributed by atoms with Crippen molar-refractivity contribution in [2.45, 2.75) is 25.8 Å². The Hall–Kier alpha value is -1.13. The summed E-state index contributed by atoms with van der Waals surface area (Å²) in [5, 5.41) is 3.11. The zero-order valence-corrected chi connectivity index (χ0v) is 10.4. The van der Waals surface area contributed by atoms with Crippen LogP contribution < -0.4 is 10.5 Å². The first kappa shape index (κ1) is 11.4. The molecule has 0 saturated heterocycles. The molecule has 0 bridgehead atoms. The largest absolute Gasteiger partial charge is 0.475 e. The van der Waals surface area contributed by atoms with Crippen LogP contribution in [0.3, 0.4) is 0 Å². The second-order valence-electron chi connectivity index (χ2n) is 4.24. The summed E-state index contributed by atoms with van der Waals surface area (Å²) in [4.78, 5) is 4.25. The molecule has 0 aliphatic carbocycles. The number of ether oxygens (including phenoxy) is 1. The highest BCUT2D eigenvalue weighted by molar-refractivity contribution is 7.17. The number of rotatable bonds is 4. The standard InChI is InChI=1S/C12H16N2OS/c1-3-12(2,13)8-15-11-9-5-7-16-10(9)4-6-14-11/h4-7H,3,8,13H2,1-2H3. The number of pyridine rings is 1. The first-order chi connectivity index (χ1) is 7.62. The fraction of sp³-hybridized carbons (Fsp3) is 0.417. The molecule has 2 N–H and O–H groups in total. The van der Waals surface area contributed by atoms with Gasteiger partial charge in [-0.3, -0.25) is 0 Å². The van der Waals surface area contributed by atoms with Crippen LogP contribution in [0.2, 0.25) is 0 Å². The molecule has 2 heterocycles. The van der Waals surface area contributed by atoms with Crippen molar-refractivity contribution >= 4 is 21.4 Å². The van der Waals surface area contributed by atoms with Gasteiger partial charge in [-0.1, -0.05) is 6.92 Å². The van der Waals surface area contributed by atoms with Crippen LogP contribution in [-0.2, 0) is 0 Å². The van der Waals surface area contributed by atoms with E-state index in [-0.39, 0.29) is 5.54 Å². The van der Waals surface area contributed by atoms with Gasteiger partial charge < -0.3 is 10.5 Å². The number of hydrogen-bond acceptors (Lipinski definition) is 4. The van der Waals surface area contributed by atoms with Crippen molar-refractivity contribution in [2.24, 2.45) is 5.73 Å². The van der Waals surface area contributed by atoms with E-state index in [4.69, 9.17) is 10.5 Å². The Balaban J connectivity index is 2.18. The summed E-state index contributed by atoms with van der Waals surface area (Å²) in [6.45, 7) is 4.54. The molecule has 2 aromatic heterocycles. The van der Waals surface area contributed by atoms with E-state index in [9.17, 15) is 0 Å². The maximum absolute atomic E-state index is 6.03. The van der Waals surface area contributed by atoms with Gasteiger partial charge in [-0.05, 0) is 30.9 Å². The number of hydrogen-bond donors (Lipinski definition) is 1. The molecule has 2 aromatic rings. The summed E-state index contributed by atoms with van der Waals surface area (Å²) in [6, 6.07) is 4.02. The molecule has 1 unspecified atom stereocenters. The predicted octanol–water partition coefficient (Wildman–Crippen LogP) is 2.80. The lowest BCUT2D eigenvalue weighted by Crippen LogP contribution is -2.41. The smallest absolute Gasteiger partial charge is 0.222 e. The molecule has 4 heteroatoms. The Morgan fingerprint density at radius 1 is 1.50 bits per heavy atom. The molecule has 0 radical (unpaired) electrons. The Labute approximate surface area is 99.3 Å². The zero-order valence-electron chi connectivity index (χ0n) is 9.56. The highest BCUT2D eigenvalue weighted by Crippen LogP contribution is 2.27. The molecule has 0 aliphatic rings. The number of nitrogens with zero attached hydrogens (tertiary/aromatic N) is 1. The molecule has 0 saturated carbocycles. The highest BCUT2D eigenvalue weighted by atomic mass is 32.1. The van der Waals surface area contributed by atoms with Gasteiger partial charge >= 0.3 is 0 Å². The minimum absolute atomic E-state index is 0.292. The van der Waals surface area contributed by atoms with Gasteiger partial charge in [0.05, 0.1) is 5.39 Å². The second kappa shape index (κ2) is 4.39. The minimum Gasteiger partial charge on any atom is -0.475 e. The third-order valence-corrected chi connectivity index (χ3v) is 3.57. The van der Waals surface area contributed by atoms with Crippen LogP contribution in [0.4, 0.5) is 0 Å². The average Bonchev–Trinajstić information content (AvgIpc) is 2.75. The summed E-state index contributed by atoms with van der Waals surface area (Å²) in [7, 11) is 0. The van der Waals surface area contributed by atoms with Crippen molar-refractivity contribution in [1.82, 2.24) is 4.98 Å². The maximum Gasteiger partial charge on any atom is 0.222 e. The predicted molar refractivity (Wildman–Crippen MR) is 68.0 cm³/mol. The number of fused-ring (bicyclic) bond motifs is 1. The lowest BCUT2D eigenvalue weighted by atomic mass is 10.0. The van der Waals surface area contributed by atoms with Crippen molar-refractivity contribution in [3.8, 4) is 5.88 Å². The van der Waals surface area contributed by atoms with Gasteiger partial charge in [0.1, 0.15) is 6.61 Å². The zero-order chi connectivity index (χ0) is 11.6. The second-order valence-corrected chi connectivity index (χ2v) is 5.19. The summed E-state index contributed by atoms with van der Waals surface area (Å²) in [5.74, 6) is 0.684. The molecule has 3 nitrogen and oxygen atoms in total. The molecule has 1 atom stereocenters. The Kier molecular flexibility index (Phi) is 3.12. The average molecular weight is 236 g/mol. The van der Waals surface area contributed by atoms with E-state index >= 15 is 0 Å². The van der Waals surface area contributed by atoms with E-state index in [1.807, 2.05) is 24.4 Å². The Morgan fingerprint density at radius 3 is 3.06 bits per heavy atom. The molecule has 16 heavy (non-hydrogen) atoms. The monoisotopic (exact) mass is 236 g/mol. The van der Waals surface area contributed by atoms with E-state index in [0.717, 1.165) is 11.8 Å². The Morgan fingerprint density at radius 2 is 2.31 bits per heavy atom. The van der Waals surface area contributed by atoms with Crippen LogP contribution in [-0.4, -0.2) is 17.1 Å². The third-order valence-electron chi connectivity index (χ3n) is 2.69. The van der Waals surface area contributed by atoms with E-state index in [1.54, 1.807) is 17.5 Å². The summed E-state index contributed by atoms with van der Waals surface area (Å²) < 4.78 is 6.90. The van der Waals surface area contributed by atoms with Crippen LogP contribution >= 0.6 is 11.3 Å². The molecule has 0 fully saturated rings. The molecule has 0 aromatic carbocycles. The van der Waals surface area contributed by atoms with Gasteiger partial charge in [0, 0.05) is 16.4 Å². The quantitative estimate of drug-likeness (QED) is 0.888. The lowest BCUT2D eigenvalue weighted by Gasteiger charge is -2.22.